The Morgan fingerprint density at radius 1 is 1.12 bits per heavy atom. The van der Waals surface area contributed by atoms with Gasteiger partial charge in [0.2, 0.25) is 0 Å². The van der Waals surface area contributed by atoms with Crippen LogP contribution in [0.5, 0.6) is 0 Å². The lowest BCUT2D eigenvalue weighted by atomic mass is 9.98. The topological polar surface area (TPSA) is 78.4 Å². The largest absolute Gasteiger partial charge is 0.416 e. The number of aliphatic hydroxyl groups is 1. The maximum absolute atomic E-state index is 12.7. The third-order valence-corrected chi connectivity index (χ3v) is 3.91. The molecule has 0 aliphatic carbocycles. The second-order valence-electron chi connectivity index (χ2n) is 5.60. The lowest BCUT2D eigenvalue weighted by molar-refractivity contribution is -0.137. The average Bonchev–Trinajstić information content (AvgIpc) is 2.53. The lowest BCUT2D eigenvalue weighted by Crippen LogP contribution is -2.45. The highest BCUT2D eigenvalue weighted by Gasteiger charge is 2.31. The van der Waals surface area contributed by atoms with Crippen molar-refractivity contribution in [1.82, 2.24) is 5.32 Å². The maximum Gasteiger partial charge on any atom is 0.416 e. The fraction of sp³-hybridized carbons (Fsp3) is 0.500. The van der Waals surface area contributed by atoms with E-state index in [9.17, 15) is 27.9 Å². The van der Waals surface area contributed by atoms with E-state index in [0.717, 1.165) is 12.1 Å². The zero-order chi connectivity index (χ0) is 18.5. The van der Waals surface area contributed by atoms with Gasteiger partial charge >= 0.3 is 18.0 Å². The zero-order valence-corrected chi connectivity index (χ0v) is 13.8. The molecule has 0 radical (unpaired) electrons. The number of hydrogen-bond acceptors (Lipinski definition) is 3. The van der Waals surface area contributed by atoms with Gasteiger partial charge in [-0.25, -0.2) is 0 Å². The molecule has 2 amide bonds. The van der Waals surface area contributed by atoms with E-state index in [1.54, 1.807) is 13.8 Å². The Bertz CT molecular complexity index is 611. The molecule has 3 N–H and O–H groups in total. The Hall–Kier alpha value is -2.09. The molecule has 5 nitrogen and oxygen atoms in total. The highest BCUT2D eigenvalue weighted by atomic mass is 19.4. The molecule has 24 heavy (non-hydrogen) atoms. The Morgan fingerprint density at radius 2 is 1.71 bits per heavy atom. The molecule has 1 aromatic carbocycles. The van der Waals surface area contributed by atoms with Gasteiger partial charge in [-0.2, -0.15) is 13.2 Å². The van der Waals surface area contributed by atoms with Crippen LogP contribution in [0.1, 0.15) is 37.8 Å². The summed E-state index contributed by atoms with van der Waals surface area (Å²) >= 11 is 0. The number of carbonyl (C=O) groups excluding carboxylic acids is 2. The molecule has 0 aliphatic heterocycles. The number of carbonyl (C=O) groups is 2. The van der Waals surface area contributed by atoms with Crippen LogP contribution in [0.15, 0.2) is 18.2 Å². The summed E-state index contributed by atoms with van der Waals surface area (Å²) in [6, 6.07) is 2.88. The maximum atomic E-state index is 12.7. The van der Waals surface area contributed by atoms with E-state index in [4.69, 9.17) is 0 Å². The normalized spacial score (nSPS) is 12.0. The molecule has 0 spiro atoms. The summed E-state index contributed by atoms with van der Waals surface area (Å²) in [4.78, 5) is 23.6. The summed E-state index contributed by atoms with van der Waals surface area (Å²) in [5.74, 6) is -2.11. The average molecular weight is 346 g/mol. The Kier molecular flexibility index (Phi) is 6.36. The second-order valence-corrected chi connectivity index (χ2v) is 5.60. The van der Waals surface area contributed by atoms with Gasteiger partial charge in [0.15, 0.2) is 0 Å². The summed E-state index contributed by atoms with van der Waals surface area (Å²) in [7, 11) is 0. The van der Waals surface area contributed by atoms with Crippen LogP contribution in [0.3, 0.4) is 0 Å². The Labute approximate surface area is 138 Å². The number of halogens is 3. The minimum Gasteiger partial charge on any atom is -0.388 e. The van der Waals surface area contributed by atoms with Gasteiger partial charge in [0.05, 0.1) is 11.2 Å². The molecular weight excluding hydrogens is 325 g/mol. The number of aryl methyl sites for hydroxylation is 1. The predicted molar refractivity (Wildman–Crippen MR) is 83.4 cm³/mol. The fourth-order valence-corrected chi connectivity index (χ4v) is 1.94. The van der Waals surface area contributed by atoms with Crippen molar-refractivity contribution < 1.29 is 27.9 Å². The first-order valence-electron chi connectivity index (χ1n) is 7.52. The van der Waals surface area contributed by atoms with Crippen LogP contribution in [0, 0.1) is 6.92 Å². The van der Waals surface area contributed by atoms with Crippen molar-refractivity contribution >= 4 is 17.5 Å². The number of hydrogen-bond donors (Lipinski definition) is 3. The predicted octanol–water partition coefficient (Wildman–Crippen LogP) is 2.62. The van der Waals surface area contributed by atoms with E-state index in [-0.39, 0.29) is 12.2 Å². The van der Waals surface area contributed by atoms with E-state index in [1.165, 1.54) is 13.0 Å². The Morgan fingerprint density at radius 3 is 2.21 bits per heavy atom. The molecule has 0 atom stereocenters. The molecule has 0 bridgehead atoms. The van der Waals surface area contributed by atoms with Gasteiger partial charge in [-0.3, -0.25) is 9.59 Å². The van der Waals surface area contributed by atoms with Crippen LogP contribution in [0.4, 0.5) is 18.9 Å². The standard InChI is InChI=1S/C16H21F3N2O3/c1-4-15(24,5-2)9-20-13(22)14(23)21-12-8-11(16(17,18)19)7-6-10(12)3/h6-8,24H,4-5,9H2,1-3H3,(H,20,22)(H,21,23). The molecular formula is C16H21F3N2O3. The number of nitrogens with one attached hydrogen (secondary N) is 2. The van der Waals surface area contributed by atoms with E-state index in [1.807, 2.05) is 0 Å². The molecule has 0 fully saturated rings. The highest BCUT2D eigenvalue weighted by molar-refractivity contribution is 6.39. The summed E-state index contributed by atoms with van der Waals surface area (Å²) < 4.78 is 38.1. The number of anilines is 1. The summed E-state index contributed by atoms with van der Waals surface area (Å²) in [6.07, 6.45) is -3.77. The van der Waals surface area contributed by atoms with Gasteiger partial charge in [0, 0.05) is 12.2 Å². The van der Waals surface area contributed by atoms with Crippen molar-refractivity contribution in [3.63, 3.8) is 0 Å². The number of benzene rings is 1. The first kappa shape index (κ1) is 20.0. The molecule has 0 saturated carbocycles. The van der Waals surface area contributed by atoms with Gasteiger partial charge in [0.25, 0.3) is 0 Å². The summed E-state index contributed by atoms with van der Waals surface area (Å²) in [5.41, 5.74) is -1.74. The third kappa shape index (κ3) is 5.23. The highest BCUT2D eigenvalue weighted by Crippen LogP contribution is 2.32. The molecule has 8 heteroatoms. The quantitative estimate of drug-likeness (QED) is 0.717. The van der Waals surface area contributed by atoms with Crippen LogP contribution >= 0.6 is 0 Å². The van der Waals surface area contributed by atoms with E-state index in [2.05, 4.69) is 10.6 Å². The van der Waals surface area contributed by atoms with Crippen molar-refractivity contribution in [2.75, 3.05) is 11.9 Å². The molecule has 0 saturated heterocycles. The number of amides is 2. The summed E-state index contributed by atoms with van der Waals surface area (Å²) in [5, 5.41) is 14.5. The molecule has 1 aromatic rings. The third-order valence-electron chi connectivity index (χ3n) is 3.91. The monoisotopic (exact) mass is 346 g/mol. The van der Waals surface area contributed by atoms with E-state index >= 15 is 0 Å². The number of alkyl halides is 3. The molecule has 1 rings (SSSR count). The molecule has 134 valence electrons. The lowest BCUT2D eigenvalue weighted by Gasteiger charge is -2.25. The number of rotatable bonds is 5. The SMILES string of the molecule is CCC(O)(CC)CNC(=O)C(=O)Nc1cc(C(F)(F)F)ccc1C. The summed E-state index contributed by atoms with van der Waals surface area (Å²) in [6.45, 7) is 4.87. The van der Waals surface area contributed by atoms with Gasteiger partial charge in [-0.05, 0) is 37.5 Å². The second kappa shape index (κ2) is 7.65. The van der Waals surface area contributed by atoms with E-state index < -0.39 is 29.2 Å². The van der Waals surface area contributed by atoms with Crippen LogP contribution in [0.25, 0.3) is 0 Å². The van der Waals surface area contributed by atoms with Crippen LogP contribution in [0.2, 0.25) is 0 Å². The van der Waals surface area contributed by atoms with Gasteiger partial charge in [-0.1, -0.05) is 19.9 Å². The first-order valence-corrected chi connectivity index (χ1v) is 7.52. The van der Waals surface area contributed by atoms with Crippen molar-refractivity contribution in [2.24, 2.45) is 0 Å². The van der Waals surface area contributed by atoms with Crippen molar-refractivity contribution in [2.45, 2.75) is 45.4 Å². The van der Waals surface area contributed by atoms with Gasteiger partial charge in [-0.15, -0.1) is 0 Å². The van der Waals surface area contributed by atoms with E-state index in [0.29, 0.717) is 18.4 Å². The molecule has 0 aliphatic rings. The van der Waals surface area contributed by atoms with Gasteiger partial charge < -0.3 is 15.7 Å². The molecule has 0 unspecified atom stereocenters. The van der Waals surface area contributed by atoms with Crippen LogP contribution < -0.4 is 10.6 Å². The minimum absolute atomic E-state index is 0.0915. The minimum atomic E-state index is -4.55. The van der Waals surface area contributed by atoms with Crippen LogP contribution in [-0.2, 0) is 15.8 Å². The fourth-order valence-electron chi connectivity index (χ4n) is 1.94. The van der Waals surface area contributed by atoms with Crippen LogP contribution in [-0.4, -0.2) is 29.1 Å². The van der Waals surface area contributed by atoms with Crippen molar-refractivity contribution in [3.05, 3.63) is 29.3 Å². The van der Waals surface area contributed by atoms with Gasteiger partial charge in [0.1, 0.15) is 0 Å². The molecule has 0 aromatic heterocycles. The zero-order valence-electron chi connectivity index (χ0n) is 13.8. The molecule has 0 heterocycles. The smallest absolute Gasteiger partial charge is 0.388 e. The first-order chi connectivity index (χ1) is 11.0. The van der Waals surface area contributed by atoms with Crippen molar-refractivity contribution in [1.29, 1.82) is 0 Å². The Balaban J connectivity index is 2.79. The van der Waals surface area contributed by atoms with Crippen molar-refractivity contribution in [3.8, 4) is 0 Å².